The summed E-state index contributed by atoms with van der Waals surface area (Å²) in [4.78, 5) is 15.9. The van der Waals surface area contributed by atoms with E-state index in [0.29, 0.717) is 18.7 Å². The third kappa shape index (κ3) is 5.04. The molecule has 1 aromatic heterocycles. The first-order valence-electron chi connectivity index (χ1n) is 12.4. The Hall–Kier alpha value is -3.12. The van der Waals surface area contributed by atoms with E-state index in [2.05, 4.69) is 16.4 Å². The Morgan fingerprint density at radius 3 is 2.81 bits per heavy atom. The minimum Gasteiger partial charge on any atom is -0.492 e. The van der Waals surface area contributed by atoms with E-state index in [4.69, 9.17) is 9.47 Å². The molecule has 198 valence electrons. The van der Waals surface area contributed by atoms with Crippen molar-refractivity contribution in [3.63, 3.8) is 0 Å². The van der Waals surface area contributed by atoms with E-state index in [1.54, 1.807) is 12.1 Å². The number of nitrogens with one attached hydrogen (secondary N) is 2. The van der Waals surface area contributed by atoms with E-state index in [1.807, 2.05) is 12.1 Å². The van der Waals surface area contributed by atoms with Crippen LogP contribution in [0.2, 0.25) is 0 Å². The number of hydrogen-bond donors (Lipinski definition) is 3. The second kappa shape index (κ2) is 10.3. The van der Waals surface area contributed by atoms with Crippen LogP contribution in [0.1, 0.15) is 35.8 Å². The molecule has 3 N–H and O–H groups in total. The number of H-pyrrole nitrogens is 1. The summed E-state index contributed by atoms with van der Waals surface area (Å²) in [6.07, 6.45) is 3.77. The zero-order valence-corrected chi connectivity index (χ0v) is 21.8. The van der Waals surface area contributed by atoms with Gasteiger partial charge in [0.1, 0.15) is 23.8 Å². The molecule has 5 rings (SSSR count). The summed E-state index contributed by atoms with van der Waals surface area (Å²) >= 11 is 0. The van der Waals surface area contributed by atoms with Gasteiger partial charge >= 0.3 is 10.2 Å². The first-order valence-corrected chi connectivity index (χ1v) is 13.8. The topological polar surface area (TPSA) is 124 Å². The minimum absolute atomic E-state index is 0.0891. The summed E-state index contributed by atoms with van der Waals surface area (Å²) in [5.41, 5.74) is 4.43. The molecule has 0 spiro atoms. The van der Waals surface area contributed by atoms with Crippen LogP contribution in [0, 0.1) is 0 Å². The van der Waals surface area contributed by atoms with Gasteiger partial charge in [-0.1, -0.05) is 6.07 Å². The van der Waals surface area contributed by atoms with E-state index >= 15 is 0 Å². The predicted molar refractivity (Wildman–Crippen MR) is 140 cm³/mol. The average Bonchev–Trinajstić information content (AvgIpc) is 3.25. The van der Waals surface area contributed by atoms with Gasteiger partial charge in [-0.15, -0.1) is 0 Å². The summed E-state index contributed by atoms with van der Waals surface area (Å²) in [5.74, 6) is 0.359. The summed E-state index contributed by atoms with van der Waals surface area (Å²) in [7, 11) is -1.34. The highest BCUT2D eigenvalue weighted by Crippen LogP contribution is 2.36. The summed E-state index contributed by atoms with van der Waals surface area (Å²) in [6, 6.07) is 10.8. The SMILES string of the molecule is CN(C)S(=O)(=O)N1C(=O)COc2ccc(C(O)CNCCOc3ccc4c5c([nH]c4c3)CCCC5)cc21. The Bertz CT molecular complexity index is 1420. The van der Waals surface area contributed by atoms with Crippen LogP contribution in [-0.4, -0.2) is 69.1 Å². The molecule has 1 atom stereocenters. The molecule has 37 heavy (non-hydrogen) atoms. The lowest BCUT2D eigenvalue weighted by Gasteiger charge is -2.31. The van der Waals surface area contributed by atoms with Crippen molar-refractivity contribution < 1.29 is 27.8 Å². The number of aliphatic hydroxyl groups is 1. The van der Waals surface area contributed by atoms with Gasteiger partial charge in [0.25, 0.3) is 5.91 Å². The highest BCUT2D eigenvalue weighted by atomic mass is 32.2. The molecule has 1 amide bonds. The van der Waals surface area contributed by atoms with Crippen LogP contribution in [0.5, 0.6) is 11.5 Å². The van der Waals surface area contributed by atoms with Crippen LogP contribution >= 0.6 is 0 Å². The van der Waals surface area contributed by atoms with Crippen LogP contribution in [0.3, 0.4) is 0 Å². The maximum Gasteiger partial charge on any atom is 0.310 e. The Morgan fingerprint density at radius 2 is 2.00 bits per heavy atom. The quantitative estimate of drug-likeness (QED) is 0.364. The first-order chi connectivity index (χ1) is 17.8. The zero-order chi connectivity index (χ0) is 26.2. The lowest BCUT2D eigenvalue weighted by molar-refractivity contribution is -0.120. The molecule has 1 aliphatic carbocycles. The molecule has 2 aromatic carbocycles. The number of aromatic nitrogens is 1. The third-order valence-corrected chi connectivity index (χ3v) is 8.60. The number of nitrogens with zero attached hydrogens (tertiary/aromatic N) is 2. The van der Waals surface area contributed by atoms with Gasteiger partial charge in [-0.25, -0.2) is 0 Å². The Morgan fingerprint density at radius 1 is 1.19 bits per heavy atom. The molecule has 0 saturated heterocycles. The van der Waals surface area contributed by atoms with Gasteiger partial charge in [0.15, 0.2) is 6.61 Å². The highest BCUT2D eigenvalue weighted by Gasteiger charge is 2.37. The largest absolute Gasteiger partial charge is 0.492 e. The molecular formula is C26H32N4O6S. The van der Waals surface area contributed by atoms with Crippen LogP contribution in [0.25, 0.3) is 10.9 Å². The van der Waals surface area contributed by atoms with Gasteiger partial charge in [0.05, 0.1) is 6.10 Å². The van der Waals surface area contributed by atoms with Crippen molar-refractivity contribution in [2.24, 2.45) is 0 Å². The number of rotatable bonds is 9. The molecule has 11 heteroatoms. The number of benzene rings is 2. The molecule has 10 nitrogen and oxygen atoms in total. The number of fused-ring (bicyclic) bond motifs is 4. The molecule has 0 radical (unpaired) electrons. The number of aromatic amines is 1. The third-order valence-electron chi connectivity index (χ3n) is 6.81. The van der Waals surface area contributed by atoms with Gasteiger partial charge in [-0.3, -0.25) is 4.79 Å². The number of aryl methyl sites for hydroxylation is 2. The summed E-state index contributed by atoms with van der Waals surface area (Å²) in [5, 5.41) is 15.1. The van der Waals surface area contributed by atoms with Gasteiger partial charge in [0, 0.05) is 49.8 Å². The molecule has 2 aliphatic rings. The smallest absolute Gasteiger partial charge is 0.310 e. The number of aliphatic hydroxyl groups excluding tert-OH is 1. The van der Waals surface area contributed by atoms with Gasteiger partial charge in [-0.2, -0.15) is 17.0 Å². The van der Waals surface area contributed by atoms with Gasteiger partial charge in [-0.05, 0) is 61.1 Å². The second-order valence-corrected chi connectivity index (χ2v) is 11.5. The van der Waals surface area contributed by atoms with Crippen molar-refractivity contribution in [3.05, 3.63) is 53.2 Å². The number of ether oxygens (including phenoxy) is 2. The Balaban J connectivity index is 1.17. The van der Waals surface area contributed by atoms with Crippen LogP contribution in [0.15, 0.2) is 36.4 Å². The average molecular weight is 529 g/mol. The van der Waals surface area contributed by atoms with E-state index < -0.39 is 22.2 Å². The number of anilines is 1. The van der Waals surface area contributed by atoms with E-state index in [1.165, 1.54) is 49.6 Å². The van der Waals surface area contributed by atoms with Crippen LogP contribution < -0.4 is 19.1 Å². The fourth-order valence-corrected chi connectivity index (χ4v) is 5.88. The maximum atomic E-state index is 12.7. The monoisotopic (exact) mass is 528 g/mol. The Kier molecular flexibility index (Phi) is 7.13. The number of carbonyl (C=O) groups excluding carboxylic acids is 1. The van der Waals surface area contributed by atoms with Crippen LogP contribution in [0.4, 0.5) is 5.69 Å². The maximum absolute atomic E-state index is 12.7. The van der Waals surface area contributed by atoms with Crippen molar-refractivity contribution in [1.82, 2.24) is 14.6 Å². The number of carbonyl (C=O) groups is 1. The van der Waals surface area contributed by atoms with Crippen molar-refractivity contribution in [2.75, 3.05) is 44.7 Å². The van der Waals surface area contributed by atoms with Crippen LogP contribution in [-0.2, 0) is 27.8 Å². The zero-order valence-electron chi connectivity index (χ0n) is 21.0. The number of amides is 1. The standard InChI is InChI=1S/C26H32N4O6S/c1-29(2)37(33,34)30-23-13-17(7-10-25(23)36-16-26(30)32)24(31)15-27-11-12-35-18-8-9-20-19-5-3-4-6-21(19)28-22(20)14-18/h7-10,13-14,24,27-28,31H,3-6,11-12,15-16H2,1-2H3. The summed E-state index contributed by atoms with van der Waals surface area (Å²) < 4.78 is 38.4. The molecule has 0 saturated carbocycles. The fraction of sp³-hybridized carbons (Fsp3) is 0.423. The van der Waals surface area contributed by atoms with Crippen molar-refractivity contribution >= 4 is 32.7 Å². The van der Waals surface area contributed by atoms with Crippen molar-refractivity contribution in [3.8, 4) is 11.5 Å². The van der Waals surface area contributed by atoms with Crippen molar-refractivity contribution in [2.45, 2.75) is 31.8 Å². The molecule has 1 aliphatic heterocycles. The van der Waals surface area contributed by atoms with Gasteiger partial charge < -0.3 is 24.9 Å². The molecular weight excluding hydrogens is 496 g/mol. The number of hydrogen-bond acceptors (Lipinski definition) is 7. The normalized spacial score (nSPS) is 16.4. The highest BCUT2D eigenvalue weighted by molar-refractivity contribution is 7.91. The Labute approximate surface area is 216 Å². The molecule has 0 fully saturated rings. The molecule has 3 aromatic rings. The van der Waals surface area contributed by atoms with E-state index in [9.17, 15) is 18.3 Å². The fourth-order valence-electron chi connectivity index (χ4n) is 4.85. The van der Waals surface area contributed by atoms with Gasteiger partial charge in [0.2, 0.25) is 0 Å². The first kappa shape index (κ1) is 25.5. The van der Waals surface area contributed by atoms with E-state index in [-0.39, 0.29) is 24.6 Å². The van der Waals surface area contributed by atoms with Crippen molar-refractivity contribution in [1.29, 1.82) is 0 Å². The lowest BCUT2D eigenvalue weighted by atomic mass is 9.96. The molecule has 1 unspecified atom stereocenters. The minimum atomic E-state index is -4.05. The van der Waals surface area contributed by atoms with E-state index in [0.717, 1.165) is 32.7 Å². The molecule has 0 bridgehead atoms. The predicted octanol–water partition coefficient (Wildman–Crippen LogP) is 2.28. The molecule has 2 heterocycles. The summed E-state index contributed by atoms with van der Waals surface area (Å²) in [6.45, 7) is 0.770. The lowest BCUT2D eigenvalue weighted by Crippen LogP contribution is -2.48. The second-order valence-electron chi connectivity index (χ2n) is 9.53.